The molecule has 1 aromatic heterocycles. The minimum absolute atomic E-state index is 0.0417. The van der Waals surface area contributed by atoms with Crippen molar-refractivity contribution < 1.29 is 17.9 Å². The number of halogens is 1. The molecule has 0 amide bonds. The number of nitrogens with zero attached hydrogens (tertiary/aromatic N) is 1. The number of rotatable bonds is 7. The molecule has 0 fully saturated rings. The SMILES string of the molecule is COc1cc(Cl)c(NS(=O)(=O)c2ccc(Cc3cc(C)n[nH]c3=O)cc2)c(OC)c1. The molecule has 10 heteroatoms. The number of aromatic amines is 1. The van der Waals surface area contributed by atoms with Crippen molar-refractivity contribution in [2.24, 2.45) is 0 Å². The van der Waals surface area contributed by atoms with Gasteiger partial charge in [-0.1, -0.05) is 23.7 Å². The summed E-state index contributed by atoms with van der Waals surface area (Å²) in [4.78, 5) is 11.9. The Hall–Kier alpha value is -3.04. The predicted molar refractivity (Wildman–Crippen MR) is 114 cm³/mol. The van der Waals surface area contributed by atoms with E-state index in [2.05, 4.69) is 14.9 Å². The van der Waals surface area contributed by atoms with Gasteiger partial charge in [0.15, 0.2) is 0 Å². The van der Waals surface area contributed by atoms with Crippen LogP contribution in [0, 0.1) is 6.92 Å². The first-order valence-electron chi connectivity index (χ1n) is 8.82. The summed E-state index contributed by atoms with van der Waals surface area (Å²) in [6.07, 6.45) is 0.352. The number of aryl methyl sites for hydroxylation is 1. The van der Waals surface area contributed by atoms with Gasteiger partial charge in [0, 0.05) is 24.1 Å². The third-order valence-electron chi connectivity index (χ3n) is 4.36. The minimum atomic E-state index is -3.93. The number of methoxy groups -OCH3 is 2. The summed E-state index contributed by atoms with van der Waals surface area (Å²) in [5, 5.41) is 6.41. The maximum atomic E-state index is 12.8. The van der Waals surface area contributed by atoms with Gasteiger partial charge in [0.25, 0.3) is 15.6 Å². The summed E-state index contributed by atoms with van der Waals surface area (Å²) in [5.41, 5.74) is 1.86. The third kappa shape index (κ3) is 4.74. The van der Waals surface area contributed by atoms with Crippen LogP contribution in [0.4, 0.5) is 5.69 Å². The fraction of sp³-hybridized carbons (Fsp3) is 0.200. The molecular formula is C20H20ClN3O5S. The van der Waals surface area contributed by atoms with Crippen molar-refractivity contribution in [2.75, 3.05) is 18.9 Å². The largest absolute Gasteiger partial charge is 0.497 e. The van der Waals surface area contributed by atoms with Gasteiger partial charge < -0.3 is 9.47 Å². The highest BCUT2D eigenvalue weighted by Gasteiger charge is 2.20. The summed E-state index contributed by atoms with van der Waals surface area (Å²) in [6.45, 7) is 1.78. The number of ether oxygens (including phenoxy) is 2. The van der Waals surface area contributed by atoms with Crippen LogP contribution >= 0.6 is 11.6 Å². The zero-order valence-electron chi connectivity index (χ0n) is 16.5. The number of nitrogens with one attached hydrogen (secondary N) is 2. The molecule has 0 atom stereocenters. The Morgan fingerprint density at radius 1 is 1.10 bits per heavy atom. The number of hydrogen-bond acceptors (Lipinski definition) is 6. The fourth-order valence-corrected chi connectivity index (χ4v) is 4.22. The van der Waals surface area contributed by atoms with Gasteiger partial charge in [-0.05, 0) is 30.7 Å². The van der Waals surface area contributed by atoms with Crippen molar-refractivity contribution in [3.05, 3.63) is 74.7 Å². The predicted octanol–water partition coefficient (Wildman–Crippen LogP) is 3.14. The highest BCUT2D eigenvalue weighted by atomic mass is 35.5. The van der Waals surface area contributed by atoms with Crippen LogP contribution in [-0.4, -0.2) is 32.8 Å². The first kappa shape index (κ1) is 21.7. The van der Waals surface area contributed by atoms with Crippen molar-refractivity contribution in [2.45, 2.75) is 18.2 Å². The van der Waals surface area contributed by atoms with E-state index in [0.29, 0.717) is 23.4 Å². The number of hydrogen-bond donors (Lipinski definition) is 2. The smallest absolute Gasteiger partial charge is 0.267 e. The van der Waals surface area contributed by atoms with Gasteiger partial charge in [-0.3, -0.25) is 9.52 Å². The van der Waals surface area contributed by atoms with Crippen LogP contribution in [0.3, 0.4) is 0 Å². The monoisotopic (exact) mass is 449 g/mol. The zero-order chi connectivity index (χ0) is 21.9. The Morgan fingerprint density at radius 3 is 2.43 bits per heavy atom. The molecule has 0 bridgehead atoms. The Balaban J connectivity index is 1.85. The van der Waals surface area contributed by atoms with E-state index in [1.165, 1.54) is 38.5 Å². The van der Waals surface area contributed by atoms with Crippen molar-refractivity contribution in [3.8, 4) is 11.5 Å². The molecule has 0 aliphatic rings. The average molecular weight is 450 g/mol. The van der Waals surface area contributed by atoms with E-state index >= 15 is 0 Å². The highest BCUT2D eigenvalue weighted by molar-refractivity contribution is 7.92. The molecule has 2 aromatic carbocycles. The van der Waals surface area contributed by atoms with Crippen LogP contribution in [0.25, 0.3) is 0 Å². The van der Waals surface area contributed by atoms with E-state index in [1.54, 1.807) is 25.1 Å². The van der Waals surface area contributed by atoms with Crippen molar-refractivity contribution >= 4 is 27.3 Å². The molecule has 30 heavy (non-hydrogen) atoms. The van der Waals surface area contributed by atoms with Crippen LogP contribution in [0.1, 0.15) is 16.8 Å². The third-order valence-corrected chi connectivity index (χ3v) is 6.02. The van der Waals surface area contributed by atoms with E-state index in [4.69, 9.17) is 21.1 Å². The topological polar surface area (TPSA) is 110 Å². The first-order chi connectivity index (χ1) is 14.2. The van der Waals surface area contributed by atoms with Crippen LogP contribution in [0.2, 0.25) is 5.02 Å². The Morgan fingerprint density at radius 2 is 1.80 bits per heavy atom. The summed E-state index contributed by atoms with van der Waals surface area (Å²) >= 11 is 6.20. The number of benzene rings is 2. The Kier molecular flexibility index (Phi) is 6.33. The molecule has 3 rings (SSSR count). The molecule has 0 aliphatic heterocycles. The molecule has 0 spiro atoms. The fourth-order valence-electron chi connectivity index (χ4n) is 2.83. The summed E-state index contributed by atoms with van der Waals surface area (Å²) < 4.78 is 38.4. The van der Waals surface area contributed by atoms with Crippen LogP contribution < -0.4 is 19.8 Å². The molecule has 3 aromatic rings. The van der Waals surface area contributed by atoms with Gasteiger partial charge in [0.1, 0.15) is 17.2 Å². The van der Waals surface area contributed by atoms with Crippen molar-refractivity contribution in [1.82, 2.24) is 10.2 Å². The lowest BCUT2D eigenvalue weighted by Gasteiger charge is -2.15. The molecule has 2 N–H and O–H groups in total. The molecule has 0 saturated heterocycles. The van der Waals surface area contributed by atoms with Gasteiger partial charge in [0.2, 0.25) is 0 Å². The maximum Gasteiger partial charge on any atom is 0.267 e. The van der Waals surface area contributed by atoms with E-state index in [1.807, 2.05) is 0 Å². The normalized spacial score (nSPS) is 11.2. The Labute approximate surface area is 178 Å². The number of sulfonamides is 1. The molecule has 0 saturated carbocycles. The van der Waals surface area contributed by atoms with Crippen molar-refractivity contribution in [3.63, 3.8) is 0 Å². The van der Waals surface area contributed by atoms with Gasteiger partial charge in [-0.15, -0.1) is 0 Å². The second-order valence-electron chi connectivity index (χ2n) is 6.48. The molecule has 0 unspecified atom stereocenters. The molecule has 158 valence electrons. The standard InChI is InChI=1S/C20H20ClN3O5S/c1-12-8-14(20(25)23-22-12)9-13-4-6-16(7-5-13)30(26,27)24-19-17(21)10-15(28-2)11-18(19)29-3/h4-8,10-11,24H,9H2,1-3H3,(H,23,25). The lowest BCUT2D eigenvalue weighted by Crippen LogP contribution is -2.15. The van der Waals surface area contributed by atoms with Crippen LogP contribution in [0.15, 0.2) is 52.2 Å². The second-order valence-corrected chi connectivity index (χ2v) is 8.57. The molecule has 0 radical (unpaired) electrons. The van der Waals surface area contributed by atoms with E-state index < -0.39 is 10.0 Å². The van der Waals surface area contributed by atoms with E-state index in [0.717, 1.165) is 5.56 Å². The van der Waals surface area contributed by atoms with E-state index in [9.17, 15) is 13.2 Å². The average Bonchev–Trinajstić information content (AvgIpc) is 2.72. The Bertz CT molecular complexity index is 1220. The lowest BCUT2D eigenvalue weighted by atomic mass is 10.1. The van der Waals surface area contributed by atoms with Crippen LogP contribution in [0.5, 0.6) is 11.5 Å². The van der Waals surface area contributed by atoms with Crippen LogP contribution in [-0.2, 0) is 16.4 Å². The zero-order valence-corrected chi connectivity index (χ0v) is 18.1. The first-order valence-corrected chi connectivity index (χ1v) is 10.7. The number of anilines is 1. The van der Waals surface area contributed by atoms with Gasteiger partial charge in [-0.25, -0.2) is 13.5 Å². The van der Waals surface area contributed by atoms with E-state index in [-0.39, 0.29) is 26.9 Å². The molecule has 8 nitrogen and oxygen atoms in total. The second kappa shape index (κ2) is 8.76. The van der Waals surface area contributed by atoms with Gasteiger partial charge >= 0.3 is 0 Å². The molecular weight excluding hydrogens is 430 g/mol. The number of aromatic nitrogens is 2. The van der Waals surface area contributed by atoms with Crippen molar-refractivity contribution in [1.29, 1.82) is 0 Å². The molecule has 1 heterocycles. The quantitative estimate of drug-likeness (QED) is 0.573. The van der Waals surface area contributed by atoms with Gasteiger partial charge in [0.05, 0.1) is 29.8 Å². The summed E-state index contributed by atoms with van der Waals surface area (Å²) in [6, 6.07) is 10.9. The van der Waals surface area contributed by atoms with Gasteiger partial charge in [-0.2, -0.15) is 5.10 Å². The molecule has 0 aliphatic carbocycles. The highest BCUT2D eigenvalue weighted by Crippen LogP contribution is 2.38. The summed E-state index contributed by atoms with van der Waals surface area (Å²) in [5.74, 6) is 0.664. The lowest BCUT2D eigenvalue weighted by molar-refractivity contribution is 0.395. The maximum absolute atomic E-state index is 12.8. The number of H-pyrrole nitrogens is 1. The minimum Gasteiger partial charge on any atom is -0.497 e. The summed E-state index contributed by atoms with van der Waals surface area (Å²) in [7, 11) is -1.05.